The predicted octanol–water partition coefficient (Wildman–Crippen LogP) is 3.93. The van der Waals surface area contributed by atoms with Gasteiger partial charge in [0.25, 0.3) is 0 Å². The minimum atomic E-state index is -0.263. The number of amides is 1. The largest absolute Gasteiger partial charge is 0.381 e. The van der Waals surface area contributed by atoms with E-state index in [1.165, 1.54) is 12.0 Å². The number of ether oxygens (including phenoxy) is 1. The van der Waals surface area contributed by atoms with E-state index in [1.807, 2.05) is 0 Å². The molecule has 0 aromatic heterocycles. The van der Waals surface area contributed by atoms with Crippen LogP contribution in [-0.4, -0.2) is 31.2 Å². The van der Waals surface area contributed by atoms with E-state index in [4.69, 9.17) is 10.5 Å². The van der Waals surface area contributed by atoms with Crippen molar-refractivity contribution in [2.75, 3.05) is 13.2 Å². The third kappa shape index (κ3) is 2.97. The standard InChI is InChI=1S/C25H36N2O2/c1-2-29-17-24-13-18-12-23(15-24,19-6-4-3-5-7-19)16-25(24,14-18)22(28)27-21-10-8-20(26)9-11-21/h3-7,18,20-21H,2,8-17,26H2,1H3,(H,27,28)/t18?,20-,21+,23-,24-,25?/m1/s1. The molecule has 5 fully saturated rings. The fourth-order valence-corrected chi connectivity index (χ4v) is 7.82. The van der Waals surface area contributed by atoms with E-state index in [-0.39, 0.29) is 16.2 Å². The highest BCUT2D eigenvalue weighted by molar-refractivity contribution is 5.86. The van der Waals surface area contributed by atoms with Crippen molar-refractivity contribution in [2.45, 2.75) is 82.2 Å². The Balaban J connectivity index is 1.46. The quantitative estimate of drug-likeness (QED) is 0.766. The Morgan fingerprint density at radius 3 is 2.59 bits per heavy atom. The van der Waals surface area contributed by atoms with Gasteiger partial charge >= 0.3 is 0 Å². The van der Waals surface area contributed by atoms with Crippen molar-refractivity contribution < 1.29 is 9.53 Å². The van der Waals surface area contributed by atoms with Crippen LogP contribution < -0.4 is 11.1 Å². The van der Waals surface area contributed by atoms with Crippen LogP contribution in [0.2, 0.25) is 0 Å². The summed E-state index contributed by atoms with van der Waals surface area (Å²) in [6.45, 7) is 3.53. The van der Waals surface area contributed by atoms with E-state index in [0.29, 0.717) is 23.9 Å². The lowest BCUT2D eigenvalue weighted by molar-refractivity contribution is -0.140. The van der Waals surface area contributed by atoms with Gasteiger partial charge < -0.3 is 15.8 Å². The van der Waals surface area contributed by atoms with Gasteiger partial charge in [0.2, 0.25) is 5.91 Å². The van der Waals surface area contributed by atoms with Gasteiger partial charge in [-0.2, -0.15) is 0 Å². The van der Waals surface area contributed by atoms with E-state index in [9.17, 15) is 4.79 Å². The number of hydrogen-bond donors (Lipinski definition) is 2. The highest BCUT2D eigenvalue weighted by atomic mass is 16.5. The van der Waals surface area contributed by atoms with Crippen LogP contribution >= 0.6 is 0 Å². The van der Waals surface area contributed by atoms with Crippen molar-refractivity contribution >= 4 is 5.91 Å². The summed E-state index contributed by atoms with van der Waals surface area (Å²) in [5.41, 5.74) is 7.40. The molecule has 158 valence electrons. The van der Waals surface area contributed by atoms with Gasteiger partial charge in [0.05, 0.1) is 12.0 Å². The summed E-state index contributed by atoms with van der Waals surface area (Å²) < 4.78 is 6.05. The molecule has 1 amide bonds. The van der Waals surface area contributed by atoms with Crippen LogP contribution in [0.3, 0.4) is 0 Å². The fraction of sp³-hybridized carbons (Fsp3) is 0.720. The summed E-state index contributed by atoms with van der Waals surface area (Å²) in [6, 6.07) is 11.6. The van der Waals surface area contributed by atoms with Gasteiger partial charge in [-0.3, -0.25) is 4.79 Å². The molecule has 29 heavy (non-hydrogen) atoms. The molecule has 2 unspecified atom stereocenters. The van der Waals surface area contributed by atoms with Crippen molar-refractivity contribution in [1.29, 1.82) is 0 Å². The maximum atomic E-state index is 13.9. The number of benzene rings is 1. The summed E-state index contributed by atoms with van der Waals surface area (Å²) in [5, 5.41) is 3.50. The molecule has 1 aromatic rings. The van der Waals surface area contributed by atoms with Crippen LogP contribution in [0.5, 0.6) is 0 Å². The first-order valence-electron chi connectivity index (χ1n) is 11.7. The molecule has 5 aliphatic carbocycles. The molecule has 0 spiro atoms. The third-order valence-corrected chi connectivity index (χ3v) is 8.84. The first kappa shape index (κ1) is 19.6. The van der Waals surface area contributed by atoms with Gasteiger partial charge in [-0.05, 0) is 81.6 Å². The molecule has 6 rings (SSSR count). The number of hydrogen-bond acceptors (Lipinski definition) is 3. The maximum Gasteiger partial charge on any atom is 0.227 e. The minimum Gasteiger partial charge on any atom is -0.381 e. The highest BCUT2D eigenvalue weighted by Crippen LogP contribution is 2.76. The number of carbonyl (C=O) groups is 1. The number of rotatable bonds is 6. The normalized spacial score (nSPS) is 42.9. The van der Waals surface area contributed by atoms with Crippen molar-refractivity contribution in [3.63, 3.8) is 0 Å². The second-order valence-electron chi connectivity index (χ2n) is 10.6. The molecular weight excluding hydrogens is 360 g/mol. The molecule has 5 aliphatic rings. The van der Waals surface area contributed by atoms with Gasteiger partial charge in [-0.25, -0.2) is 0 Å². The fourth-order valence-electron chi connectivity index (χ4n) is 7.82. The second kappa shape index (κ2) is 7.09. The smallest absolute Gasteiger partial charge is 0.227 e. The van der Waals surface area contributed by atoms with Crippen molar-refractivity contribution in [1.82, 2.24) is 5.32 Å². The molecule has 4 atom stereocenters. The zero-order chi connectivity index (χ0) is 20.1. The lowest BCUT2D eigenvalue weighted by atomic mass is 9.63. The Morgan fingerprint density at radius 2 is 1.86 bits per heavy atom. The van der Waals surface area contributed by atoms with Crippen LogP contribution in [0.1, 0.15) is 70.3 Å². The Kier molecular flexibility index (Phi) is 4.78. The van der Waals surface area contributed by atoms with Crippen LogP contribution in [0, 0.1) is 16.7 Å². The number of carbonyl (C=O) groups excluding carboxylic acids is 1. The molecule has 0 aliphatic heterocycles. The van der Waals surface area contributed by atoms with Gasteiger partial charge in [-0.1, -0.05) is 30.3 Å². The van der Waals surface area contributed by atoms with Crippen LogP contribution in [-0.2, 0) is 14.9 Å². The van der Waals surface area contributed by atoms with Gasteiger partial charge in [0.15, 0.2) is 0 Å². The van der Waals surface area contributed by atoms with Crippen molar-refractivity contribution in [3.05, 3.63) is 35.9 Å². The molecule has 0 saturated heterocycles. The molecule has 0 radical (unpaired) electrons. The predicted molar refractivity (Wildman–Crippen MR) is 114 cm³/mol. The van der Waals surface area contributed by atoms with E-state index < -0.39 is 0 Å². The second-order valence-corrected chi connectivity index (χ2v) is 10.6. The summed E-state index contributed by atoms with van der Waals surface area (Å²) in [5.74, 6) is 0.960. The molecule has 5 saturated carbocycles. The van der Waals surface area contributed by atoms with Crippen LogP contribution in [0.15, 0.2) is 30.3 Å². The third-order valence-electron chi connectivity index (χ3n) is 8.84. The van der Waals surface area contributed by atoms with Crippen LogP contribution in [0.25, 0.3) is 0 Å². The Hall–Kier alpha value is -1.39. The zero-order valence-corrected chi connectivity index (χ0v) is 17.8. The van der Waals surface area contributed by atoms with Gasteiger partial charge in [0, 0.05) is 24.1 Å². The van der Waals surface area contributed by atoms with E-state index in [2.05, 4.69) is 42.6 Å². The molecule has 4 bridgehead atoms. The molecule has 4 nitrogen and oxygen atoms in total. The number of nitrogens with one attached hydrogen (secondary N) is 1. The first-order chi connectivity index (χ1) is 14.0. The molecule has 1 aromatic carbocycles. The summed E-state index contributed by atoms with van der Waals surface area (Å²) >= 11 is 0. The molecule has 3 N–H and O–H groups in total. The first-order valence-corrected chi connectivity index (χ1v) is 11.7. The topological polar surface area (TPSA) is 64.3 Å². The Bertz CT molecular complexity index is 759. The van der Waals surface area contributed by atoms with Gasteiger partial charge in [-0.15, -0.1) is 0 Å². The summed E-state index contributed by atoms with van der Waals surface area (Å²) in [6.07, 6.45) is 9.63. The minimum absolute atomic E-state index is 0.00305. The van der Waals surface area contributed by atoms with E-state index in [0.717, 1.165) is 64.6 Å². The highest BCUT2D eigenvalue weighted by Gasteiger charge is 2.74. The molecule has 0 heterocycles. The van der Waals surface area contributed by atoms with E-state index >= 15 is 0 Å². The summed E-state index contributed by atoms with van der Waals surface area (Å²) in [4.78, 5) is 13.9. The molecule has 4 heteroatoms. The monoisotopic (exact) mass is 396 g/mol. The SMILES string of the molecule is CCOC[C@]12CC3CC1(C(=O)N[C@H]1CC[C@@H](N)CC1)C[C@@](c1ccccc1)(C3)C2. The Labute approximate surface area is 175 Å². The van der Waals surface area contributed by atoms with Gasteiger partial charge in [0.1, 0.15) is 0 Å². The van der Waals surface area contributed by atoms with Crippen LogP contribution in [0.4, 0.5) is 0 Å². The summed E-state index contributed by atoms with van der Waals surface area (Å²) in [7, 11) is 0. The zero-order valence-electron chi connectivity index (χ0n) is 17.8. The molecular formula is C25H36N2O2. The lowest BCUT2D eigenvalue weighted by Crippen LogP contribution is -2.52. The number of nitrogens with two attached hydrogens (primary N) is 1. The van der Waals surface area contributed by atoms with Crippen molar-refractivity contribution in [2.24, 2.45) is 22.5 Å². The Morgan fingerprint density at radius 1 is 1.10 bits per heavy atom. The van der Waals surface area contributed by atoms with E-state index in [1.54, 1.807) is 0 Å². The lowest BCUT2D eigenvalue weighted by Gasteiger charge is -2.41. The average Bonchev–Trinajstić information content (AvgIpc) is 3.08. The average molecular weight is 397 g/mol. The van der Waals surface area contributed by atoms with Crippen molar-refractivity contribution in [3.8, 4) is 0 Å². The maximum absolute atomic E-state index is 13.9.